The van der Waals surface area contributed by atoms with Crippen molar-refractivity contribution in [1.29, 1.82) is 0 Å². The molecule has 0 fully saturated rings. The van der Waals surface area contributed by atoms with Crippen molar-refractivity contribution in [3.05, 3.63) is 40.5 Å². The number of halogens is 1. The summed E-state index contributed by atoms with van der Waals surface area (Å²) in [4.78, 5) is 12.1. The van der Waals surface area contributed by atoms with Gasteiger partial charge in [-0.1, -0.05) is 41.9 Å². The van der Waals surface area contributed by atoms with E-state index in [0.717, 1.165) is 10.2 Å². The summed E-state index contributed by atoms with van der Waals surface area (Å²) in [6, 6.07) is 9.02. The van der Waals surface area contributed by atoms with Crippen LogP contribution < -0.4 is 10.1 Å². The van der Waals surface area contributed by atoms with Gasteiger partial charge in [-0.2, -0.15) is 0 Å². The first-order valence-corrected chi connectivity index (χ1v) is 7.75. The van der Waals surface area contributed by atoms with Gasteiger partial charge in [-0.05, 0) is 31.2 Å². The minimum atomic E-state index is -0.649. The van der Waals surface area contributed by atoms with Crippen LogP contribution in [0.3, 0.4) is 0 Å². The van der Waals surface area contributed by atoms with Gasteiger partial charge in [0.15, 0.2) is 6.10 Å². The van der Waals surface area contributed by atoms with E-state index >= 15 is 0 Å². The molecule has 0 aliphatic rings. The zero-order chi connectivity index (χ0) is 16.3. The monoisotopic (exact) mass is 366 g/mol. The summed E-state index contributed by atoms with van der Waals surface area (Å²) in [6.07, 6.45) is -0.649. The number of nitrogens with one attached hydrogen (secondary N) is 1. The van der Waals surface area contributed by atoms with E-state index in [2.05, 4.69) is 26.4 Å². The number of carbonyl (C=O) groups excluding carboxylic acids is 1. The van der Waals surface area contributed by atoms with Crippen molar-refractivity contribution in [2.45, 2.75) is 39.2 Å². The summed E-state index contributed by atoms with van der Waals surface area (Å²) in [5.41, 5.74) is 0.649. The zero-order valence-corrected chi connectivity index (χ0v) is 14.6. The number of hydrogen-bond donors (Lipinski definition) is 1. The molecule has 1 aromatic heterocycles. The second-order valence-electron chi connectivity index (χ2n) is 6.03. The van der Waals surface area contributed by atoms with E-state index in [9.17, 15) is 4.79 Å². The summed E-state index contributed by atoms with van der Waals surface area (Å²) in [5, 5.41) is 6.62. The van der Waals surface area contributed by atoms with Crippen molar-refractivity contribution in [1.82, 2.24) is 5.16 Å². The Balaban J connectivity index is 1.96. The van der Waals surface area contributed by atoms with E-state index in [4.69, 9.17) is 9.26 Å². The van der Waals surface area contributed by atoms with Gasteiger partial charge < -0.3 is 9.26 Å². The zero-order valence-electron chi connectivity index (χ0n) is 13.0. The lowest BCUT2D eigenvalue weighted by Gasteiger charge is -2.13. The minimum absolute atomic E-state index is 0.133. The molecular formula is C16H19BrN2O3. The number of ether oxygens (including phenoxy) is 1. The molecule has 0 spiro atoms. The third kappa shape index (κ3) is 4.34. The Morgan fingerprint density at radius 1 is 1.32 bits per heavy atom. The molecule has 1 heterocycles. The minimum Gasteiger partial charge on any atom is -0.481 e. The van der Waals surface area contributed by atoms with Crippen LogP contribution >= 0.6 is 15.9 Å². The second kappa shape index (κ2) is 6.52. The third-order valence-corrected chi connectivity index (χ3v) is 3.55. The number of nitrogens with zero attached hydrogens (tertiary/aromatic N) is 1. The Morgan fingerprint density at radius 2 is 1.95 bits per heavy atom. The lowest BCUT2D eigenvalue weighted by Crippen LogP contribution is -2.30. The van der Waals surface area contributed by atoms with Gasteiger partial charge >= 0.3 is 0 Å². The van der Waals surface area contributed by atoms with Crippen molar-refractivity contribution in [3.8, 4) is 5.75 Å². The summed E-state index contributed by atoms with van der Waals surface area (Å²) in [7, 11) is 0. The fourth-order valence-corrected chi connectivity index (χ4v) is 1.95. The number of aromatic nitrogens is 1. The van der Waals surface area contributed by atoms with Crippen LogP contribution in [-0.4, -0.2) is 17.2 Å². The van der Waals surface area contributed by atoms with Gasteiger partial charge in [-0.15, -0.1) is 0 Å². The lowest BCUT2D eigenvalue weighted by molar-refractivity contribution is -0.122. The van der Waals surface area contributed by atoms with Crippen molar-refractivity contribution >= 4 is 27.7 Å². The summed E-state index contributed by atoms with van der Waals surface area (Å²) < 4.78 is 11.7. The molecule has 2 rings (SSSR count). The molecule has 1 amide bonds. The van der Waals surface area contributed by atoms with Crippen LogP contribution in [0.1, 0.15) is 33.4 Å². The fourth-order valence-electron chi connectivity index (χ4n) is 1.68. The van der Waals surface area contributed by atoms with Crippen LogP contribution in [0.5, 0.6) is 5.75 Å². The molecule has 0 bridgehead atoms. The molecule has 2 aromatic rings. The first-order chi connectivity index (χ1) is 10.3. The number of benzene rings is 1. The molecule has 1 aromatic carbocycles. The van der Waals surface area contributed by atoms with E-state index in [-0.39, 0.29) is 11.3 Å². The molecule has 22 heavy (non-hydrogen) atoms. The average Bonchev–Trinajstić information content (AvgIpc) is 2.90. The summed E-state index contributed by atoms with van der Waals surface area (Å²) in [5.74, 6) is 0.652. The largest absolute Gasteiger partial charge is 0.481 e. The van der Waals surface area contributed by atoms with E-state index in [1.165, 1.54) is 0 Å². The van der Waals surface area contributed by atoms with Crippen molar-refractivity contribution in [3.63, 3.8) is 0 Å². The third-order valence-electron chi connectivity index (χ3n) is 3.02. The predicted molar refractivity (Wildman–Crippen MR) is 88.1 cm³/mol. The summed E-state index contributed by atoms with van der Waals surface area (Å²) >= 11 is 3.35. The topological polar surface area (TPSA) is 64.4 Å². The standard InChI is InChI=1S/C16H19BrN2O3/c1-10(21-12-7-5-11(17)6-8-12)15(20)18-14-9-13(19-22-14)16(2,3)4/h5-10H,1-4H3,(H,18,20). The Kier molecular flexibility index (Phi) is 4.90. The van der Waals surface area contributed by atoms with Gasteiger partial charge in [0.2, 0.25) is 5.88 Å². The Hall–Kier alpha value is -1.82. The normalized spacial score (nSPS) is 12.8. The van der Waals surface area contributed by atoms with Gasteiger partial charge in [-0.25, -0.2) is 0 Å². The first-order valence-electron chi connectivity index (χ1n) is 6.96. The second-order valence-corrected chi connectivity index (χ2v) is 6.95. The highest BCUT2D eigenvalue weighted by molar-refractivity contribution is 9.10. The van der Waals surface area contributed by atoms with Crippen LogP contribution in [0.25, 0.3) is 0 Å². The number of rotatable bonds is 4. The van der Waals surface area contributed by atoms with E-state index in [1.807, 2.05) is 32.9 Å². The molecule has 1 N–H and O–H groups in total. The van der Waals surface area contributed by atoms with Crippen molar-refractivity contribution in [2.75, 3.05) is 5.32 Å². The SMILES string of the molecule is CC(Oc1ccc(Br)cc1)C(=O)Nc1cc(C(C)(C)C)no1. The fraction of sp³-hybridized carbons (Fsp3) is 0.375. The number of anilines is 1. The van der Waals surface area contributed by atoms with Gasteiger partial charge in [0.1, 0.15) is 5.75 Å². The number of amides is 1. The lowest BCUT2D eigenvalue weighted by atomic mass is 9.92. The van der Waals surface area contributed by atoms with E-state index < -0.39 is 6.10 Å². The Morgan fingerprint density at radius 3 is 2.50 bits per heavy atom. The molecule has 1 atom stereocenters. The summed E-state index contributed by atoms with van der Waals surface area (Å²) in [6.45, 7) is 7.75. The molecule has 0 aliphatic carbocycles. The molecule has 6 heteroatoms. The number of carbonyl (C=O) groups is 1. The average molecular weight is 367 g/mol. The van der Waals surface area contributed by atoms with Gasteiger partial charge in [-0.3, -0.25) is 10.1 Å². The smallest absolute Gasteiger partial charge is 0.267 e. The Labute approximate surface area is 138 Å². The van der Waals surface area contributed by atoms with Crippen LogP contribution in [-0.2, 0) is 10.2 Å². The van der Waals surface area contributed by atoms with Crippen LogP contribution in [0, 0.1) is 0 Å². The molecule has 118 valence electrons. The Bertz CT molecular complexity index is 644. The maximum Gasteiger partial charge on any atom is 0.267 e. The molecule has 0 saturated heterocycles. The van der Waals surface area contributed by atoms with Gasteiger partial charge in [0.05, 0.1) is 5.69 Å². The molecular weight excluding hydrogens is 348 g/mol. The molecule has 0 saturated carbocycles. The maximum atomic E-state index is 12.1. The molecule has 0 aliphatic heterocycles. The highest BCUT2D eigenvalue weighted by Gasteiger charge is 2.21. The van der Waals surface area contributed by atoms with Crippen LogP contribution in [0.4, 0.5) is 5.88 Å². The van der Waals surface area contributed by atoms with Crippen molar-refractivity contribution < 1.29 is 14.1 Å². The van der Waals surface area contributed by atoms with Crippen molar-refractivity contribution in [2.24, 2.45) is 0 Å². The predicted octanol–water partition coefficient (Wildman–Crippen LogP) is 4.14. The van der Waals surface area contributed by atoms with Gasteiger partial charge in [0, 0.05) is 16.0 Å². The first kappa shape index (κ1) is 16.5. The molecule has 0 radical (unpaired) electrons. The quantitative estimate of drug-likeness (QED) is 0.882. The van der Waals surface area contributed by atoms with Crippen LogP contribution in [0.15, 0.2) is 39.3 Å². The number of hydrogen-bond acceptors (Lipinski definition) is 4. The molecule has 5 nitrogen and oxygen atoms in total. The highest BCUT2D eigenvalue weighted by Crippen LogP contribution is 2.24. The molecule has 1 unspecified atom stereocenters. The van der Waals surface area contributed by atoms with E-state index in [1.54, 1.807) is 25.1 Å². The maximum absolute atomic E-state index is 12.1. The van der Waals surface area contributed by atoms with Crippen LogP contribution in [0.2, 0.25) is 0 Å². The highest BCUT2D eigenvalue weighted by atomic mass is 79.9. The van der Waals surface area contributed by atoms with Gasteiger partial charge in [0.25, 0.3) is 5.91 Å². The van der Waals surface area contributed by atoms with E-state index in [0.29, 0.717) is 11.6 Å².